The zero-order valence-electron chi connectivity index (χ0n) is 18.4. The van der Waals surface area contributed by atoms with Crippen LogP contribution in [0.1, 0.15) is 31.7 Å². The number of benzene rings is 2. The van der Waals surface area contributed by atoms with Crippen molar-refractivity contribution in [2.45, 2.75) is 43.7 Å². The van der Waals surface area contributed by atoms with Crippen molar-refractivity contribution in [2.75, 3.05) is 32.6 Å². The summed E-state index contributed by atoms with van der Waals surface area (Å²) in [7, 11) is -0.0537. The van der Waals surface area contributed by atoms with E-state index < -0.39 is 16.1 Å². The minimum Gasteiger partial charge on any atom is -0.496 e. The number of nitrogens with one attached hydrogen (secondary N) is 1. The first-order valence-corrected chi connectivity index (χ1v) is 12.0. The summed E-state index contributed by atoms with van der Waals surface area (Å²) < 4.78 is 32.8. The maximum absolute atomic E-state index is 12.9. The Labute approximate surface area is 185 Å². The van der Waals surface area contributed by atoms with Crippen LogP contribution in [0.3, 0.4) is 0 Å². The lowest BCUT2D eigenvalue weighted by Crippen LogP contribution is -2.39. The minimum atomic E-state index is -3.55. The predicted molar refractivity (Wildman–Crippen MR) is 122 cm³/mol. The van der Waals surface area contributed by atoms with E-state index in [1.165, 1.54) is 10.4 Å². The van der Waals surface area contributed by atoms with Crippen LogP contribution in [-0.2, 0) is 21.4 Å². The van der Waals surface area contributed by atoms with Crippen molar-refractivity contribution in [1.29, 1.82) is 0 Å². The van der Waals surface area contributed by atoms with E-state index in [2.05, 4.69) is 5.32 Å². The van der Waals surface area contributed by atoms with Gasteiger partial charge in [-0.15, -0.1) is 0 Å². The first-order valence-electron chi connectivity index (χ1n) is 10.6. The molecular weight excluding hydrogens is 414 g/mol. The molecule has 1 saturated heterocycles. The van der Waals surface area contributed by atoms with E-state index in [0.29, 0.717) is 25.3 Å². The van der Waals surface area contributed by atoms with Crippen LogP contribution in [0.5, 0.6) is 5.75 Å². The number of carbonyl (C=O) groups is 1. The number of hydrogen-bond donors (Lipinski definition) is 1. The topological polar surface area (TPSA) is 79.0 Å². The van der Waals surface area contributed by atoms with Crippen molar-refractivity contribution in [2.24, 2.45) is 0 Å². The van der Waals surface area contributed by atoms with E-state index in [0.717, 1.165) is 30.6 Å². The SMILES string of the molecule is COc1ccccc1CN(C)C(C)C(=O)Nc1cccc(S(=O)(=O)N2CCCCC2)c1. The first kappa shape index (κ1) is 23.2. The van der Waals surface area contributed by atoms with Crippen LogP contribution in [0.4, 0.5) is 5.69 Å². The standard InChI is InChI=1S/C23H31N3O4S/c1-18(25(2)17-19-10-5-6-13-22(19)30-3)23(27)24-20-11-9-12-21(16-20)31(28,29)26-14-7-4-8-15-26/h5-6,9-13,16,18H,4,7-8,14-15,17H2,1-3H3,(H,24,27). The summed E-state index contributed by atoms with van der Waals surface area (Å²) in [5, 5.41) is 2.86. The first-order chi connectivity index (χ1) is 14.8. The highest BCUT2D eigenvalue weighted by molar-refractivity contribution is 7.89. The van der Waals surface area contributed by atoms with Crippen LogP contribution in [-0.4, -0.2) is 56.8 Å². The molecule has 1 atom stereocenters. The van der Waals surface area contributed by atoms with Crippen molar-refractivity contribution >= 4 is 21.6 Å². The minimum absolute atomic E-state index is 0.204. The van der Waals surface area contributed by atoms with E-state index in [9.17, 15) is 13.2 Å². The molecule has 0 aliphatic carbocycles. The number of piperidine rings is 1. The number of carbonyl (C=O) groups excluding carboxylic acids is 1. The summed E-state index contributed by atoms with van der Waals surface area (Å²) >= 11 is 0. The summed E-state index contributed by atoms with van der Waals surface area (Å²) in [4.78, 5) is 14.9. The van der Waals surface area contributed by atoms with E-state index in [4.69, 9.17) is 4.74 Å². The molecule has 1 aliphatic heterocycles. The molecule has 3 rings (SSSR count). The number of nitrogens with zero attached hydrogens (tertiary/aromatic N) is 2. The van der Waals surface area contributed by atoms with Gasteiger partial charge in [0.1, 0.15) is 5.75 Å². The van der Waals surface area contributed by atoms with E-state index in [1.807, 2.05) is 43.1 Å². The molecule has 1 unspecified atom stereocenters. The number of para-hydroxylation sites is 1. The molecule has 31 heavy (non-hydrogen) atoms. The van der Waals surface area contributed by atoms with Crippen molar-refractivity contribution in [1.82, 2.24) is 9.21 Å². The Kier molecular flexibility index (Phi) is 7.69. The number of amides is 1. The van der Waals surface area contributed by atoms with Gasteiger partial charge in [-0.1, -0.05) is 30.7 Å². The fourth-order valence-corrected chi connectivity index (χ4v) is 5.24. The van der Waals surface area contributed by atoms with E-state index in [-0.39, 0.29) is 10.8 Å². The fourth-order valence-electron chi connectivity index (χ4n) is 3.67. The Balaban J connectivity index is 1.68. The van der Waals surface area contributed by atoms with E-state index >= 15 is 0 Å². The molecule has 0 aromatic heterocycles. The van der Waals surface area contributed by atoms with Crippen LogP contribution in [0, 0.1) is 0 Å². The smallest absolute Gasteiger partial charge is 0.243 e. The maximum Gasteiger partial charge on any atom is 0.243 e. The van der Waals surface area contributed by atoms with Crippen LogP contribution in [0.25, 0.3) is 0 Å². The predicted octanol–water partition coefficient (Wildman–Crippen LogP) is 3.33. The third-order valence-electron chi connectivity index (χ3n) is 5.71. The number of methoxy groups -OCH3 is 1. The van der Waals surface area contributed by atoms with Gasteiger partial charge in [-0.3, -0.25) is 9.69 Å². The van der Waals surface area contributed by atoms with Crippen LogP contribution in [0.2, 0.25) is 0 Å². The highest BCUT2D eigenvalue weighted by atomic mass is 32.2. The summed E-state index contributed by atoms with van der Waals surface area (Å²) in [6.45, 7) is 3.45. The van der Waals surface area contributed by atoms with Gasteiger partial charge in [0.25, 0.3) is 0 Å². The van der Waals surface area contributed by atoms with E-state index in [1.54, 1.807) is 25.3 Å². The zero-order chi connectivity index (χ0) is 22.4. The number of anilines is 1. The monoisotopic (exact) mass is 445 g/mol. The van der Waals surface area contributed by atoms with Gasteiger partial charge in [-0.05, 0) is 51.1 Å². The molecule has 1 fully saturated rings. The summed E-state index contributed by atoms with van der Waals surface area (Å²) in [5.41, 5.74) is 1.46. The van der Waals surface area contributed by atoms with Gasteiger partial charge in [-0.25, -0.2) is 8.42 Å². The van der Waals surface area contributed by atoms with Gasteiger partial charge >= 0.3 is 0 Å². The van der Waals surface area contributed by atoms with Crippen LogP contribution >= 0.6 is 0 Å². The lowest BCUT2D eigenvalue weighted by atomic mass is 10.1. The number of likely N-dealkylation sites (N-methyl/N-ethyl adjacent to an activating group) is 1. The molecule has 7 nitrogen and oxygen atoms in total. The Morgan fingerprint density at radius 3 is 2.55 bits per heavy atom. The highest BCUT2D eigenvalue weighted by Gasteiger charge is 2.26. The number of sulfonamides is 1. The molecule has 168 valence electrons. The third kappa shape index (κ3) is 5.64. The zero-order valence-corrected chi connectivity index (χ0v) is 19.2. The summed E-state index contributed by atoms with van der Waals surface area (Å²) in [5.74, 6) is 0.572. The lowest BCUT2D eigenvalue weighted by molar-refractivity contribution is -0.120. The molecule has 8 heteroatoms. The maximum atomic E-state index is 12.9. The van der Waals surface area contributed by atoms with Crippen molar-refractivity contribution < 1.29 is 17.9 Å². The average Bonchev–Trinajstić information content (AvgIpc) is 2.79. The second-order valence-electron chi connectivity index (χ2n) is 7.88. The van der Waals surface area contributed by atoms with Crippen molar-refractivity contribution in [3.63, 3.8) is 0 Å². The second-order valence-corrected chi connectivity index (χ2v) is 9.82. The molecule has 0 bridgehead atoms. The van der Waals surface area contributed by atoms with Crippen molar-refractivity contribution in [3.05, 3.63) is 54.1 Å². The summed E-state index contributed by atoms with van der Waals surface area (Å²) in [6.07, 6.45) is 2.82. The molecule has 1 amide bonds. The van der Waals surface area contributed by atoms with Gasteiger partial charge in [0, 0.05) is 30.9 Å². The average molecular weight is 446 g/mol. The lowest BCUT2D eigenvalue weighted by Gasteiger charge is -2.26. The molecule has 0 radical (unpaired) electrons. The Morgan fingerprint density at radius 2 is 1.84 bits per heavy atom. The summed E-state index contributed by atoms with van der Waals surface area (Å²) in [6, 6.07) is 13.8. The number of hydrogen-bond acceptors (Lipinski definition) is 5. The Morgan fingerprint density at radius 1 is 1.13 bits per heavy atom. The van der Waals surface area contributed by atoms with Crippen molar-refractivity contribution in [3.8, 4) is 5.75 Å². The fraction of sp³-hybridized carbons (Fsp3) is 0.435. The molecule has 1 aliphatic rings. The molecule has 2 aromatic carbocycles. The Bertz CT molecular complexity index is 1000. The Hall–Kier alpha value is -2.42. The normalized spacial score (nSPS) is 16.1. The van der Waals surface area contributed by atoms with Gasteiger partial charge in [-0.2, -0.15) is 4.31 Å². The molecule has 0 spiro atoms. The molecule has 2 aromatic rings. The highest BCUT2D eigenvalue weighted by Crippen LogP contribution is 2.24. The van der Waals surface area contributed by atoms with Crippen LogP contribution in [0.15, 0.2) is 53.4 Å². The largest absolute Gasteiger partial charge is 0.496 e. The van der Waals surface area contributed by atoms with Gasteiger partial charge < -0.3 is 10.1 Å². The number of rotatable bonds is 8. The quantitative estimate of drug-likeness (QED) is 0.674. The molecule has 1 heterocycles. The number of ether oxygens (including phenoxy) is 1. The molecule has 1 N–H and O–H groups in total. The molecular formula is C23H31N3O4S. The van der Waals surface area contributed by atoms with Gasteiger partial charge in [0.15, 0.2) is 0 Å². The van der Waals surface area contributed by atoms with Gasteiger partial charge in [0.05, 0.1) is 18.0 Å². The van der Waals surface area contributed by atoms with Gasteiger partial charge in [0.2, 0.25) is 15.9 Å². The second kappa shape index (κ2) is 10.3. The molecule has 0 saturated carbocycles. The third-order valence-corrected chi connectivity index (χ3v) is 7.60. The van der Waals surface area contributed by atoms with Crippen LogP contribution < -0.4 is 10.1 Å².